The molecular weight excluding hydrogens is 362 g/mol. The van der Waals surface area contributed by atoms with Gasteiger partial charge in [-0.25, -0.2) is 9.78 Å². The highest BCUT2D eigenvalue weighted by atomic mass is 32.2. The number of aromatic amines is 1. The van der Waals surface area contributed by atoms with Crippen LogP contribution in [0.1, 0.15) is 70.0 Å². The van der Waals surface area contributed by atoms with Gasteiger partial charge >= 0.3 is 6.03 Å². The van der Waals surface area contributed by atoms with Gasteiger partial charge in [-0.2, -0.15) is 0 Å². The van der Waals surface area contributed by atoms with Crippen LogP contribution in [0.3, 0.4) is 0 Å². The average Bonchev–Trinajstić information content (AvgIpc) is 3.32. The normalized spacial score (nSPS) is 35.1. The summed E-state index contributed by atoms with van der Waals surface area (Å²) in [4.78, 5) is 29.4. The molecule has 5 fully saturated rings. The largest absolute Gasteiger partial charge is 0.332 e. The first-order chi connectivity index (χ1) is 13.0. The van der Waals surface area contributed by atoms with Crippen molar-refractivity contribution >= 4 is 23.7 Å². The molecule has 0 aromatic carbocycles. The zero-order valence-electron chi connectivity index (χ0n) is 15.7. The average molecular weight is 390 g/mol. The third-order valence-electron chi connectivity index (χ3n) is 6.75. The number of rotatable bonds is 5. The van der Waals surface area contributed by atoms with E-state index in [1.807, 2.05) is 0 Å². The van der Waals surface area contributed by atoms with E-state index in [1.165, 1.54) is 31.0 Å². The third-order valence-corrected chi connectivity index (χ3v) is 7.71. The smallest absolute Gasteiger partial charge is 0.321 e. The Bertz CT molecular complexity index is 724. The summed E-state index contributed by atoms with van der Waals surface area (Å²) in [6.07, 6.45) is 9.52. The van der Waals surface area contributed by atoms with E-state index in [9.17, 15) is 9.59 Å². The zero-order chi connectivity index (χ0) is 18.6. The molecule has 0 spiro atoms. The molecule has 6 rings (SSSR count). The van der Waals surface area contributed by atoms with Crippen LogP contribution in [-0.4, -0.2) is 37.9 Å². The van der Waals surface area contributed by atoms with Gasteiger partial charge in [0.2, 0.25) is 11.1 Å². The van der Waals surface area contributed by atoms with Gasteiger partial charge in [-0.15, -0.1) is 5.10 Å². The number of H-pyrrole nitrogens is 1. The fraction of sp³-hybridized carbons (Fsp3) is 0.789. The van der Waals surface area contributed by atoms with Gasteiger partial charge < -0.3 is 5.32 Å². The molecule has 4 bridgehead atoms. The SMILES string of the molecule is CC(Sc1n[nH]c(C2CC2)n1)C(=O)NC(=O)NC12CC3CC(CC(C3)C1)C2. The topological polar surface area (TPSA) is 99.8 Å². The first kappa shape index (κ1) is 17.5. The summed E-state index contributed by atoms with van der Waals surface area (Å²) in [6.45, 7) is 1.78. The van der Waals surface area contributed by atoms with Gasteiger partial charge in [-0.1, -0.05) is 11.8 Å². The van der Waals surface area contributed by atoms with E-state index >= 15 is 0 Å². The molecule has 0 aliphatic heterocycles. The molecule has 5 saturated carbocycles. The van der Waals surface area contributed by atoms with Crippen LogP contribution in [0.25, 0.3) is 0 Å². The second-order valence-electron chi connectivity index (χ2n) is 9.18. The van der Waals surface area contributed by atoms with Crippen molar-refractivity contribution in [3.8, 4) is 0 Å². The lowest BCUT2D eigenvalue weighted by Gasteiger charge is -2.56. The maximum atomic E-state index is 12.5. The summed E-state index contributed by atoms with van der Waals surface area (Å²) in [5.74, 6) is 3.39. The van der Waals surface area contributed by atoms with E-state index in [-0.39, 0.29) is 17.5 Å². The van der Waals surface area contributed by atoms with Crippen LogP contribution in [0.15, 0.2) is 5.16 Å². The first-order valence-electron chi connectivity index (χ1n) is 10.2. The van der Waals surface area contributed by atoms with Crippen molar-refractivity contribution in [1.82, 2.24) is 25.8 Å². The maximum absolute atomic E-state index is 12.5. The Morgan fingerprint density at radius 1 is 1.15 bits per heavy atom. The molecule has 3 N–H and O–H groups in total. The Balaban J connectivity index is 1.15. The van der Waals surface area contributed by atoms with E-state index in [4.69, 9.17) is 0 Å². The van der Waals surface area contributed by atoms with Crippen molar-refractivity contribution in [2.75, 3.05) is 0 Å². The molecule has 0 radical (unpaired) electrons. The highest BCUT2D eigenvalue weighted by Gasteiger charge is 2.51. The predicted octanol–water partition coefficient (Wildman–Crippen LogP) is 2.96. The molecule has 1 heterocycles. The first-order valence-corrected chi connectivity index (χ1v) is 11.1. The van der Waals surface area contributed by atoms with Crippen molar-refractivity contribution in [2.24, 2.45) is 17.8 Å². The standard InChI is InChI=1S/C19H27N5O2S/c1-10(27-18-20-15(23-24-18)14-2-3-14)16(25)21-17(26)22-19-7-11-4-12(8-19)6-13(5-11)9-19/h10-14H,2-9H2,1H3,(H,20,23,24)(H2,21,22,25,26). The monoisotopic (exact) mass is 389 g/mol. The summed E-state index contributed by atoms with van der Waals surface area (Å²) in [7, 11) is 0. The molecule has 5 aliphatic carbocycles. The van der Waals surface area contributed by atoms with Gasteiger partial charge in [0.05, 0.1) is 5.25 Å². The number of amides is 3. The van der Waals surface area contributed by atoms with E-state index in [0.717, 1.165) is 55.7 Å². The number of urea groups is 1. The molecule has 1 atom stereocenters. The Kier molecular flexibility index (Phi) is 4.22. The van der Waals surface area contributed by atoms with Gasteiger partial charge in [0, 0.05) is 11.5 Å². The Labute approximate surface area is 163 Å². The van der Waals surface area contributed by atoms with Crippen molar-refractivity contribution in [1.29, 1.82) is 0 Å². The van der Waals surface area contributed by atoms with Crippen LogP contribution in [0.5, 0.6) is 0 Å². The fourth-order valence-corrected chi connectivity index (χ4v) is 6.54. The number of nitrogens with zero attached hydrogens (tertiary/aromatic N) is 2. The van der Waals surface area contributed by atoms with Crippen molar-refractivity contribution in [3.63, 3.8) is 0 Å². The lowest BCUT2D eigenvalue weighted by atomic mass is 9.53. The number of carbonyl (C=O) groups is 2. The summed E-state index contributed by atoms with van der Waals surface area (Å²) in [6, 6.07) is -0.344. The van der Waals surface area contributed by atoms with Crippen LogP contribution in [0.2, 0.25) is 0 Å². The molecule has 7 nitrogen and oxygen atoms in total. The van der Waals surface area contributed by atoms with Crippen molar-refractivity contribution in [2.45, 2.75) is 80.2 Å². The lowest BCUT2D eigenvalue weighted by Crippen LogP contribution is -2.62. The van der Waals surface area contributed by atoms with E-state index in [2.05, 4.69) is 25.8 Å². The van der Waals surface area contributed by atoms with Crippen LogP contribution in [0.4, 0.5) is 4.79 Å². The quantitative estimate of drug-likeness (QED) is 0.672. The van der Waals surface area contributed by atoms with Crippen molar-refractivity contribution in [3.05, 3.63) is 5.82 Å². The van der Waals surface area contributed by atoms with Gasteiger partial charge in [0.15, 0.2) is 0 Å². The third kappa shape index (κ3) is 3.60. The number of aromatic nitrogens is 3. The minimum Gasteiger partial charge on any atom is -0.332 e. The minimum atomic E-state index is -0.421. The summed E-state index contributed by atoms with van der Waals surface area (Å²) in [5.41, 5.74) is -0.0849. The molecule has 0 saturated heterocycles. The van der Waals surface area contributed by atoms with Gasteiger partial charge in [0.1, 0.15) is 5.82 Å². The van der Waals surface area contributed by atoms with Gasteiger partial charge in [0.25, 0.3) is 0 Å². The molecule has 146 valence electrons. The fourth-order valence-electron chi connectivity index (χ4n) is 5.81. The summed E-state index contributed by atoms with van der Waals surface area (Å²) >= 11 is 1.28. The molecule has 1 unspecified atom stereocenters. The number of imide groups is 1. The number of nitrogens with one attached hydrogen (secondary N) is 3. The van der Waals surface area contributed by atoms with E-state index in [1.54, 1.807) is 6.92 Å². The molecule has 1 aromatic rings. The Morgan fingerprint density at radius 3 is 2.37 bits per heavy atom. The molecule has 3 amide bonds. The minimum absolute atomic E-state index is 0.0849. The summed E-state index contributed by atoms with van der Waals surface area (Å²) in [5, 5.41) is 13.0. The number of thioether (sulfide) groups is 1. The molecule has 1 aromatic heterocycles. The maximum Gasteiger partial charge on any atom is 0.321 e. The van der Waals surface area contributed by atoms with Crippen LogP contribution in [0, 0.1) is 17.8 Å². The van der Waals surface area contributed by atoms with Crippen molar-refractivity contribution < 1.29 is 9.59 Å². The zero-order valence-corrected chi connectivity index (χ0v) is 16.5. The number of hydrogen-bond donors (Lipinski definition) is 3. The number of carbonyl (C=O) groups excluding carboxylic acids is 2. The Morgan fingerprint density at radius 2 is 1.78 bits per heavy atom. The van der Waals surface area contributed by atoms with E-state index in [0.29, 0.717) is 11.1 Å². The van der Waals surface area contributed by atoms with Gasteiger partial charge in [-0.3, -0.25) is 15.2 Å². The number of hydrogen-bond acceptors (Lipinski definition) is 5. The molecule has 27 heavy (non-hydrogen) atoms. The summed E-state index contributed by atoms with van der Waals surface area (Å²) < 4.78 is 0. The highest BCUT2D eigenvalue weighted by Crippen LogP contribution is 2.55. The van der Waals surface area contributed by atoms with Crippen LogP contribution >= 0.6 is 11.8 Å². The molecule has 8 heteroatoms. The second-order valence-corrected chi connectivity index (χ2v) is 10.5. The second kappa shape index (κ2) is 6.50. The molecule has 5 aliphatic rings. The Hall–Kier alpha value is -1.57. The van der Waals surface area contributed by atoms with Gasteiger partial charge in [-0.05, 0) is 76.0 Å². The highest BCUT2D eigenvalue weighted by molar-refractivity contribution is 8.00. The van der Waals surface area contributed by atoms with Crippen LogP contribution in [-0.2, 0) is 4.79 Å². The van der Waals surface area contributed by atoms with E-state index < -0.39 is 5.25 Å². The van der Waals surface area contributed by atoms with Crippen LogP contribution < -0.4 is 10.6 Å². The molecular formula is C19H27N5O2S. The lowest BCUT2D eigenvalue weighted by molar-refractivity contribution is -0.119. The predicted molar refractivity (Wildman–Crippen MR) is 101 cm³/mol.